The molecule has 0 bridgehead atoms. The summed E-state index contributed by atoms with van der Waals surface area (Å²) in [6, 6.07) is 6.97. The van der Waals surface area contributed by atoms with Crippen LogP contribution in [0, 0.1) is 0 Å². The highest BCUT2D eigenvalue weighted by atomic mass is 16.5. The van der Waals surface area contributed by atoms with Gasteiger partial charge < -0.3 is 25.2 Å². The Bertz CT molecular complexity index is 721. The summed E-state index contributed by atoms with van der Waals surface area (Å²) < 4.78 is 5.31. The fourth-order valence-corrected chi connectivity index (χ4v) is 1.65. The molecule has 0 aliphatic rings. The van der Waals surface area contributed by atoms with Crippen LogP contribution in [-0.2, 0) is 0 Å². The number of aromatic hydroxyl groups is 2. The summed E-state index contributed by atoms with van der Waals surface area (Å²) >= 11 is 0. The third kappa shape index (κ3) is 3.03. The molecule has 0 amide bonds. The molecule has 21 heavy (non-hydrogen) atoms. The van der Waals surface area contributed by atoms with E-state index in [1.54, 1.807) is 0 Å². The van der Waals surface area contributed by atoms with Gasteiger partial charge in [0.2, 0.25) is 0 Å². The minimum absolute atomic E-state index is 0.0402. The predicted molar refractivity (Wildman–Crippen MR) is 70.2 cm³/mol. The molecule has 2 aromatic rings. The number of rotatable bonds is 4. The van der Waals surface area contributed by atoms with Crippen molar-refractivity contribution in [2.24, 2.45) is 0 Å². The molecule has 2 rings (SSSR count). The second kappa shape index (κ2) is 5.41. The van der Waals surface area contributed by atoms with Crippen LogP contribution >= 0.6 is 0 Å². The van der Waals surface area contributed by atoms with E-state index in [1.807, 2.05) is 0 Å². The monoisotopic (exact) mass is 290 g/mol. The van der Waals surface area contributed by atoms with Crippen LogP contribution in [0.15, 0.2) is 36.4 Å². The van der Waals surface area contributed by atoms with Crippen LogP contribution in [0.3, 0.4) is 0 Å². The Balaban J connectivity index is 2.41. The van der Waals surface area contributed by atoms with Gasteiger partial charge in [-0.2, -0.15) is 0 Å². The van der Waals surface area contributed by atoms with Crippen LogP contribution in [0.1, 0.15) is 20.7 Å². The lowest BCUT2D eigenvalue weighted by atomic mass is 10.1. The number of carbonyl (C=O) groups is 2. The van der Waals surface area contributed by atoms with Crippen LogP contribution in [0.25, 0.3) is 0 Å². The van der Waals surface area contributed by atoms with Gasteiger partial charge in [0, 0.05) is 0 Å². The van der Waals surface area contributed by atoms with Crippen molar-refractivity contribution in [2.45, 2.75) is 0 Å². The standard InChI is InChI=1S/C14H10O7/c15-7-1-4-12(10(5-7)14(19)20)21-8-2-3-11(16)9(6-8)13(17)18/h1-6,15-16H,(H,17,18)(H,19,20). The van der Waals surface area contributed by atoms with E-state index in [-0.39, 0.29) is 28.4 Å². The molecule has 0 saturated heterocycles. The molecule has 0 radical (unpaired) electrons. The average molecular weight is 290 g/mol. The number of hydrogen-bond donors (Lipinski definition) is 4. The van der Waals surface area contributed by atoms with Gasteiger partial charge in [0.05, 0.1) is 0 Å². The number of aromatic carboxylic acids is 2. The van der Waals surface area contributed by atoms with Gasteiger partial charge in [-0.1, -0.05) is 0 Å². The molecule has 0 fully saturated rings. The normalized spacial score (nSPS) is 10.1. The van der Waals surface area contributed by atoms with Gasteiger partial charge >= 0.3 is 11.9 Å². The lowest BCUT2D eigenvalue weighted by Crippen LogP contribution is -2.01. The van der Waals surface area contributed by atoms with Crippen LogP contribution < -0.4 is 4.74 Å². The fraction of sp³-hybridized carbons (Fsp3) is 0. The first-order valence-corrected chi connectivity index (χ1v) is 5.69. The zero-order valence-corrected chi connectivity index (χ0v) is 10.5. The van der Waals surface area contributed by atoms with E-state index < -0.39 is 17.7 Å². The van der Waals surface area contributed by atoms with Crippen molar-refractivity contribution in [2.75, 3.05) is 0 Å². The van der Waals surface area contributed by atoms with Crippen molar-refractivity contribution in [1.29, 1.82) is 0 Å². The van der Waals surface area contributed by atoms with Crippen molar-refractivity contribution in [1.82, 2.24) is 0 Å². The SMILES string of the molecule is O=C(O)c1cc(Oc2ccc(O)cc2C(=O)O)ccc1O. The van der Waals surface area contributed by atoms with Gasteiger partial charge in [-0.15, -0.1) is 0 Å². The lowest BCUT2D eigenvalue weighted by molar-refractivity contribution is 0.0681. The van der Waals surface area contributed by atoms with Crippen molar-refractivity contribution in [3.05, 3.63) is 47.5 Å². The number of ether oxygens (including phenoxy) is 1. The number of carboxylic acids is 2. The lowest BCUT2D eigenvalue weighted by Gasteiger charge is -2.10. The summed E-state index contributed by atoms with van der Waals surface area (Å²) in [6.07, 6.45) is 0. The van der Waals surface area contributed by atoms with E-state index in [4.69, 9.17) is 14.9 Å². The molecule has 0 spiro atoms. The second-order valence-electron chi connectivity index (χ2n) is 4.07. The molecule has 0 aromatic heterocycles. The van der Waals surface area contributed by atoms with Crippen molar-refractivity contribution >= 4 is 11.9 Å². The molecular formula is C14H10O7. The molecule has 2 aromatic carbocycles. The molecule has 108 valence electrons. The minimum Gasteiger partial charge on any atom is -0.508 e. The van der Waals surface area contributed by atoms with Crippen LogP contribution in [-0.4, -0.2) is 32.4 Å². The Kier molecular flexibility index (Phi) is 3.66. The minimum atomic E-state index is -1.35. The number of carboxylic acid groups (broad SMARTS) is 2. The zero-order valence-electron chi connectivity index (χ0n) is 10.5. The van der Waals surface area contributed by atoms with E-state index in [0.717, 1.165) is 18.2 Å². The highest BCUT2D eigenvalue weighted by Crippen LogP contribution is 2.31. The van der Waals surface area contributed by atoms with Gasteiger partial charge in [0.15, 0.2) is 0 Å². The number of benzene rings is 2. The molecule has 0 aliphatic heterocycles. The first kappa shape index (κ1) is 14.2. The third-order valence-electron chi connectivity index (χ3n) is 2.62. The Morgan fingerprint density at radius 1 is 0.857 bits per heavy atom. The van der Waals surface area contributed by atoms with E-state index in [9.17, 15) is 19.8 Å². The van der Waals surface area contributed by atoms with Gasteiger partial charge in [0.1, 0.15) is 34.1 Å². The smallest absolute Gasteiger partial charge is 0.339 e. The summed E-state index contributed by atoms with van der Waals surface area (Å²) in [5, 5.41) is 36.6. The Morgan fingerprint density at radius 2 is 1.52 bits per heavy atom. The van der Waals surface area contributed by atoms with E-state index in [0.29, 0.717) is 0 Å². The summed E-state index contributed by atoms with van der Waals surface area (Å²) in [5.41, 5.74) is -0.650. The molecule has 0 unspecified atom stereocenters. The third-order valence-corrected chi connectivity index (χ3v) is 2.62. The Labute approximate surface area is 118 Å². The van der Waals surface area contributed by atoms with E-state index in [1.165, 1.54) is 18.2 Å². The fourth-order valence-electron chi connectivity index (χ4n) is 1.65. The van der Waals surface area contributed by atoms with Gasteiger partial charge in [-0.25, -0.2) is 9.59 Å². The highest BCUT2D eigenvalue weighted by molar-refractivity contribution is 5.92. The van der Waals surface area contributed by atoms with Crippen LogP contribution in [0.5, 0.6) is 23.0 Å². The summed E-state index contributed by atoms with van der Waals surface area (Å²) in [7, 11) is 0. The molecule has 0 saturated carbocycles. The Hall–Kier alpha value is -3.22. The van der Waals surface area contributed by atoms with Crippen molar-refractivity contribution < 1.29 is 34.8 Å². The largest absolute Gasteiger partial charge is 0.508 e. The van der Waals surface area contributed by atoms with Gasteiger partial charge in [-0.3, -0.25) is 0 Å². The first-order valence-electron chi connectivity index (χ1n) is 5.69. The zero-order chi connectivity index (χ0) is 15.6. The quantitative estimate of drug-likeness (QED) is 0.680. The van der Waals surface area contributed by atoms with Gasteiger partial charge in [-0.05, 0) is 36.4 Å². The average Bonchev–Trinajstić information content (AvgIpc) is 2.42. The van der Waals surface area contributed by atoms with Crippen molar-refractivity contribution in [3.63, 3.8) is 0 Å². The summed E-state index contributed by atoms with van der Waals surface area (Å²) in [5.74, 6) is -3.35. The molecule has 4 N–H and O–H groups in total. The maximum absolute atomic E-state index is 11.1. The Morgan fingerprint density at radius 3 is 2.14 bits per heavy atom. The number of phenols is 2. The molecule has 7 nitrogen and oxygen atoms in total. The molecule has 7 heteroatoms. The maximum Gasteiger partial charge on any atom is 0.339 e. The van der Waals surface area contributed by atoms with Crippen LogP contribution in [0.2, 0.25) is 0 Å². The van der Waals surface area contributed by atoms with Gasteiger partial charge in [0.25, 0.3) is 0 Å². The second-order valence-corrected chi connectivity index (χ2v) is 4.07. The molecule has 0 heterocycles. The maximum atomic E-state index is 11.1. The molecule has 0 atom stereocenters. The predicted octanol–water partition coefficient (Wildman–Crippen LogP) is 2.29. The summed E-state index contributed by atoms with van der Waals surface area (Å²) in [6.45, 7) is 0. The van der Waals surface area contributed by atoms with E-state index in [2.05, 4.69) is 0 Å². The summed E-state index contributed by atoms with van der Waals surface area (Å²) in [4.78, 5) is 22.0. The number of phenolic OH excluding ortho intramolecular Hbond substituents is 1. The topological polar surface area (TPSA) is 124 Å². The highest BCUT2D eigenvalue weighted by Gasteiger charge is 2.15. The van der Waals surface area contributed by atoms with E-state index >= 15 is 0 Å². The van der Waals surface area contributed by atoms with Crippen molar-refractivity contribution in [3.8, 4) is 23.0 Å². The molecular weight excluding hydrogens is 280 g/mol. The molecule has 0 aliphatic carbocycles. The number of hydrogen-bond acceptors (Lipinski definition) is 5. The van der Waals surface area contributed by atoms with Crippen LogP contribution in [0.4, 0.5) is 0 Å². The first-order chi connectivity index (χ1) is 9.88.